The molecule has 0 spiro atoms. The van der Waals surface area contributed by atoms with Crippen LogP contribution in [0.1, 0.15) is 28.7 Å². The van der Waals surface area contributed by atoms with Gasteiger partial charge in [0.05, 0.1) is 6.42 Å². The van der Waals surface area contributed by atoms with E-state index in [-0.39, 0.29) is 11.8 Å². The van der Waals surface area contributed by atoms with E-state index in [4.69, 9.17) is 0 Å². The van der Waals surface area contributed by atoms with Gasteiger partial charge in [-0.05, 0) is 61.6 Å². The van der Waals surface area contributed by atoms with Crippen LogP contribution in [0.4, 0.5) is 5.69 Å². The number of nitrogens with zero attached hydrogens (tertiary/aromatic N) is 1. The molecule has 1 atom stereocenters. The second kappa shape index (κ2) is 7.09. The van der Waals surface area contributed by atoms with Gasteiger partial charge in [0.2, 0.25) is 11.8 Å². The van der Waals surface area contributed by atoms with Crippen molar-refractivity contribution >= 4 is 17.5 Å². The van der Waals surface area contributed by atoms with Crippen LogP contribution in [0, 0.1) is 20.8 Å². The van der Waals surface area contributed by atoms with Gasteiger partial charge in [0.25, 0.3) is 0 Å². The summed E-state index contributed by atoms with van der Waals surface area (Å²) in [5, 5.41) is 2.90. The topological polar surface area (TPSA) is 49.4 Å². The predicted molar refractivity (Wildman–Crippen MR) is 99.7 cm³/mol. The van der Waals surface area contributed by atoms with Crippen LogP contribution < -0.4 is 10.2 Å². The molecular weight excluding hydrogens is 312 g/mol. The number of benzene rings is 2. The Morgan fingerprint density at radius 2 is 1.80 bits per heavy atom. The number of hydrogen-bond donors (Lipinski definition) is 1. The number of carbonyl (C=O) groups is 2. The molecule has 4 heteroatoms. The largest absolute Gasteiger partial charge is 0.344 e. The zero-order chi connectivity index (χ0) is 18.0. The monoisotopic (exact) mass is 336 g/mol. The van der Waals surface area contributed by atoms with Crippen molar-refractivity contribution < 1.29 is 9.59 Å². The lowest BCUT2D eigenvalue weighted by Crippen LogP contribution is -2.42. The highest BCUT2D eigenvalue weighted by Gasteiger charge is 2.33. The minimum absolute atomic E-state index is 0.0249. The molecule has 0 saturated carbocycles. The van der Waals surface area contributed by atoms with Crippen LogP contribution >= 0.6 is 0 Å². The molecule has 0 bridgehead atoms. The summed E-state index contributed by atoms with van der Waals surface area (Å²) < 4.78 is 0. The van der Waals surface area contributed by atoms with Gasteiger partial charge in [-0.1, -0.05) is 30.3 Å². The van der Waals surface area contributed by atoms with Crippen LogP contribution in [0.2, 0.25) is 0 Å². The number of rotatable bonds is 4. The fourth-order valence-corrected chi connectivity index (χ4v) is 3.40. The molecule has 2 aromatic rings. The van der Waals surface area contributed by atoms with Gasteiger partial charge in [-0.3, -0.25) is 9.59 Å². The summed E-state index contributed by atoms with van der Waals surface area (Å²) in [6.07, 6.45) is 0.950. The number of amides is 2. The van der Waals surface area contributed by atoms with E-state index in [1.807, 2.05) is 57.2 Å². The van der Waals surface area contributed by atoms with Gasteiger partial charge in [0, 0.05) is 12.2 Å². The molecule has 1 aliphatic rings. The Kier molecular flexibility index (Phi) is 4.88. The van der Waals surface area contributed by atoms with Crippen LogP contribution in [0.25, 0.3) is 0 Å². The summed E-state index contributed by atoms with van der Waals surface area (Å²) in [6.45, 7) is 6.68. The minimum atomic E-state index is -0.433. The number of aryl methyl sites for hydroxylation is 3. The number of anilines is 1. The van der Waals surface area contributed by atoms with E-state index in [1.165, 1.54) is 0 Å². The van der Waals surface area contributed by atoms with Crippen molar-refractivity contribution in [2.24, 2.45) is 0 Å². The summed E-state index contributed by atoms with van der Waals surface area (Å²) in [5.41, 5.74) is 5.27. The lowest BCUT2D eigenvalue weighted by molar-refractivity contribution is -0.126. The molecule has 0 aromatic heterocycles. The summed E-state index contributed by atoms with van der Waals surface area (Å²) in [4.78, 5) is 26.8. The molecule has 3 rings (SSSR count). The molecule has 1 fully saturated rings. The van der Waals surface area contributed by atoms with Gasteiger partial charge in [-0.2, -0.15) is 0 Å². The SMILES string of the molecule is Cc1cc(C)cc(N2CC[C@H](NC(=O)Cc3ccccc3C)C2=O)c1. The van der Waals surface area contributed by atoms with Crippen LogP contribution in [0.15, 0.2) is 42.5 Å². The molecule has 2 amide bonds. The standard InChI is InChI=1S/C21H24N2O2/c1-14-10-15(2)12-18(11-14)23-9-8-19(21(23)25)22-20(24)13-17-7-5-4-6-16(17)3/h4-7,10-12,19H,8-9,13H2,1-3H3,(H,22,24)/t19-/m0/s1. The van der Waals surface area contributed by atoms with Gasteiger partial charge in [-0.15, -0.1) is 0 Å². The van der Waals surface area contributed by atoms with Crippen LogP contribution in [0.3, 0.4) is 0 Å². The summed E-state index contributed by atoms with van der Waals surface area (Å²) in [6, 6.07) is 13.5. The Morgan fingerprint density at radius 3 is 2.48 bits per heavy atom. The second-order valence-corrected chi connectivity index (χ2v) is 6.85. The maximum absolute atomic E-state index is 12.7. The van der Waals surface area contributed by atoms with Crippen molar-refractivity contribution in [3.63, 3.8) is 0 Å². The molecule has 0 radical (unpaired) electrons. The first kappa shape index (κ1) is 17.2. The van der Waals surface area contributed by atoms with E-state index in [1.54, 1.807) is 4.90 Å². The normalized spacial score (nSPS) is 17.0. The first-order chi connectivity index (χ1) is 11.9. The van der Waals surface area contributed by atoms with Gasteiger partial charge in [0.15, 0.2) is 0 Å². The smallest absolute Gasteiger partial charge is 0.249 e. The van der Waals surface area contributed by atoms with Gasteiger partial charge >= 0.3 is 0 Å². The lowest BCUT2D eigenvalue weighted by atomic mass is 10.1. The third-order valence-electron chi connectivity index (χ3n) is 4.67. The van der Waals surface area contributed by atoms with Crippen LogP contribution in [-0.4, -0.2) is 24.4 Å². The summed E-state index contributed by atoms with van der Waals surface area (Å²) in [5.74, 6) is -0.127. The van der Waals surface area contributed by atoms with E-state index in [0.717, 1.165) is 27.9 Å². The molecule has 4 nitrogen and oxygen atoms in total. The molecule has 1 aliphatic heterocycles. The van der Waals surface area contributed by atoms with E-state index in [9.17, 15) is 9.59 Å². The highest BCUT2D eigenvalue weighted by molar-refractivity contribution is 6.01. The fraction of sp³-hybridized carbons (Fsp3) is 0.333. The zero-order valence-electron chi connectivity index (χ0n) is 15.0. The molecule has 25 heavy (non-hydrogen) atoms. The van der Waals surface area contributed by atoms with Crippen molar-refractivity contribution in [3.05, 3.63) is 64.7 Å². The number of carbonyl (C=O) groups excluding carboxylic acids is 2. The molecule has 0 unspecified atom stereocenters. The molecular formula is C21H24N2O2. The van der Waals surface area contributed by atoms with Gasteiger partial charge in [0.1, 0.15) is 6.04 Å². The van der Waals surface area contributed by atoms with Crippen molar-refractivity contribution in [2.75, 3.05) is 11.4 Å². The average molecular weight is 336 g/mol. The Bertz CT molecular complexity index is 793. The van der Waals surface area contributed by atoms with Crippen molar-refractivity contribution in [1.82, 2.24) is 5.32 Å². The summed E-state index contributed by atoms with van der Waals surface area (Å²) in [7, 11) is 0. The second-order valence-electron chi connectivity index (χ2n) is 6.85. The highest BCUT2D eigenvalue weighted by Crippen LogP contribution is 2.24. The van der Waals surface area contributed by atoms with Gasteiger partial charge < -0.3 is 10.2 Å². The van der Waals surface area contributed by atoms with Crippen molar-refractivity contribution in [3.8, 4) is 0 Å². The maximum atomic E-state index is 12.7. The Balaban J connectivity index is 1.66. The van der Waals surface area contributed by atoms with E-state index in [0.29, 0.717) is 19.4 Å². The summed E-state index contributed by atoms with van der Waals surface area (Å²) >= 11 is 0. The quantitative estimate of drug-likeness (QED) is 0.933. The molecule has 0 aliphatic carbocycles. The Morgan fingerprint density at radius 1 is 1.12 bits per heavy atom. The zero-order valence-corrected chi connectivity index (χ0v) is 15.0. The highest BCUT2D eigenvalue weighted by atomic mass is 16.2. The Hall–Kier alpha value is -2.62. The molecule has 1 N–H and O–H groups in total. The minimum Gasteiger partial charge on any atom is -0.344 e. The molecule has 1 saturated heterocycles. The number of hydrogen-bond acceptors (Lipinski definition) is 2. The predicted octanol–water partition coefficient (Wildman–Crippen LogP) is 3.08. The van der Waals surface area contributed by atoms with Crippen molar-refractivity contribution in [1.29, 1.82) is 0 Å². The lowest BCUT2D eigenvalue weighted by Gasteiger charge is -2.18. The maximum Gasteiger partial charge on any atom is 0.249 e. The number of nitrogens with one attached hydrogen (secondary N) is 1. The first-order valence-electron chi connectivity index (χ1n) is 8.67. The van der Waals surface area contributed by atoms with Gasteiger partial charge in [-0.25, -0.2) is 0 Å². The average Bonchev–Trinajstić information content (AvgIpc) is 2.89. The molecule has 1 heterocycles. The molecule has 2 aromatic carbocycles. The van der Waals surface area contributed by atoms with E-state index >= 15 is 0 Å². The first-order valence-corrected chi connectivity index (χ1v) is 8.67. The van der Waals surface area contributed by atoms with Crippen molar-refractivity contribution in [2.45, 2.75) is 39.7 Å². The van der Waals surface area contributed by atoms with Crippen LogP contribution in [0.5, 0.6) is 0 Å². The third-order valence-corrected chi connectivity index (χ3v) is 4.67. The fourth-order valence-electron chi connectivity index (χ4n) is 3.40. The van der Waals surface area contributed by atoms with Crippen LogP contribution in [-0.2, 0) is 16.0 Å². The Labute approximate surface area is 148 Å². The third kappa shape index (κ3) is 3.90. The van der Waals surface area contributed by atoms with E-state index < -0.39 is 6.04 Å². The van der Waals surface area contributed by atoms with E-state index in [2.05, 4.69) is 11.4 Å². The molecule has 130 valence electrons.